The van der Waals surface area contributed by atoms with Crippen LogP contribution in [0.3, 0.4) is 0 Å². The lowest BCUT2D eigenvalue weighted by Gasteiger charge is -2.10. The monoisotopic (exact) mass is 471 g/mol. The van der Waals surface area contributed by atoms with Crippen molar-refractivity contribution in [1.29, 1.82) is 0 Å². The van der Waals surface area contributed by atoms with Crippen molar-refractivity contribution in [3.63, 3.8) is 0 Å². The molecule has 0 fully saturated rings. The first-order chi connectivity index (χ1) is 17.5. The molecule has 3 N–H and O–H groups in total. The number of hydrogen-bond acceptors (Lipinski definition) is 2. The van der Waals surface area contributed by atoms with Gasteiger partial charge >= 0.3 is 5.97 Å². The Morgan fingerprint density at radius 1 is 0.667 bits per heavy atom. The van der Waals surface area contributed by atoms with Crippen LogP contribution in [0, 0.1) is 0 Å². The molecule has 0 unspecified atom stereocenters. The fourth-order valence-electron chi connectivity index (χ4n) is 4.89. The van der Waals surface area contributed by atoms with Crippen LogP contribution in [0.1, 0.15) is 21.5 Å². The van der Waals surface area contributed by atoms with E-state index >= 15 is 0 Å². The molecule has 5 heteroatoms. The van der Waals surface area contributed by atoms with E-state index in [-0.39, 0.29) is 0 Å². The topological polar surface area (TPSA) is 73.2 Å². The number of benzene rings is 4. The second-order valence-corrected chi connectivity index (χ2v) is 9.19. The van der Waals surface area contributed by atoms with Gasteiger partial charge in [-0.3, -0.25) is 0 Å². The summed E-state index contributed by atoms with van der Waals surface area (Å²) in [7, 11) is 0. The Hall–Kier alpha value is -4.77. The van der Waals surface area contributed by atoms with Gasteiger partial charge < -0.3 is 20.0 Å². The summed E-state index contributed by atoms with van der Waals surface area (Å²) in [6, 6.07) is 32.5. The molecule has 2 heterocycles. The third kappa shape index (κ3) is 4.12. The van der Waals surface area contributed by atoms with E-state index in [9.17, 15) is 9.90 Å². The highest BCUT2D eigenvalue weighted by molar-refractivity contribution is 5.90. The van der Waals surface area contributed by atoms with Crippen LogP contribution >= 0.6 is 0 Å². The van der Waals surface area contributed by atoms with E-state index in [2.05, 4.69) is 76.1 Å². The van der Waals surface area contributed by atoms with Crippen molar-refractivity contribution in [2.75, 3.05) is 5.73 Å². The van der Waals surface area contributed by atoms with Crippen molar-refractivity contribution in [3.05, 3.63) is 126 Å². The van der Waals surface area contributed by atoms with Crippen LogP contribution in [0.5, 0.6) is 0 Å². The molecule has 5 nitrogen and oxygen atoms in total. The number of aromatic carboxylic acids is 1. The van der Waals surface area contributed by atoms with Gasteiger partial charge in [-0.1, -0.05) is 48.5 Å². The van der Waals surface area contributed by atoms with Crippen molar-refractivity contribution >= 4 is 33.5 Å². The van der Waals surface area contributed by atoms with Crippen molar-refractivity contribution < 1.29 is 9.90 Å². The largest absolute Gasteiger partial charge is 0.478 e. The van der Waals surface area contributed by atoms with E-state index in [1.165, 1.54) is 16.5 Å². The molecule has 0 aliphatic rings. The lowest BCUT2D eigenvalue weighted by molar-refractivity contribution is 0.0696. The summed E-state index contributed by atoms with van der Waals surface area (Å²) in [4.78, 5) is 11.4. The predicted molar refractivity (Wildman–Crippen MR) is 145 cm³/mol. The normalized spacial score (nSPS) is 11.3. The van der Waals surface area contributed by atoms with Crippen LogP contribution in [0.25, 0.3) is 32.9 Å². The van der Waals surface area contributed by atoms with Gasteiger partial charge in [0, 0.05) is 42.2 Å². The first kappa shape index (κ1) is 21.7. The molecule has 4 aromatic carbocycles. The van der Waals surface area contributed by atoms with Crippen LogP contribution in [-0.4, -0.2) is 20.2 Å². The molecule has 0 bridgehead atoms. The lowest BCUT2D eigenvalue weighted by atomic mass is 10.0. The summed E-state index contributed by atoms with van der Waals surface area (Å²) < 4.78 is 4.42. The summed E-state index contributed by atoms with van der Waals surface area (Å²) in [6.45, 7) is 1.37. The Kier molecular flexibility index (Phi) is 5.30. The third-order valence-electron chi connectivity index (χ3n) is 6.71. The molecule has 0 radical (unpaired) electrons. The average molecular weight is 472 g/mol. The second kappa shape index (κ2) is 8.78. The molecule has 0 amide bonds. The Morgan fingerprint density at radius 3 is 1.78 bits per heavy atom. The SMILES string of the molecule is Nc1cccc(Cn2ccc3ccc(-c4ccc5ccn(Cc6cccc(C(=O)O)c6)c5c4)cc32)c1. The molecular weight excluding hydrogens is 446 g/mol. The van der Waals surface area contributed by atoms with Crippen molar-refractivity contribution in [3.8, 4) is 11.1 Å². The van der Waals surface area contributed by atoms with Crippen molar-refractivity contribution in [2.24, 2.45) is 0 Å². The van der Waals surface area contributed by atoms with Gasteiger partial charge in [0.05, 0.1) is 5.56 Å². The smallest absolute Gasteiger partial charge is 0.335 e. The third-order valence-corrected chi connectivity index (χ3v) is 6.71. The number of carboxylic acids is 1. The highest BCUT2D eigenvalue weighted by atomic mass is 16.4. The molecule has 0 aliphatic carbocycles. The average Bonchev–Trinajstić information content (AvgIpc) is 3.47. The molecule has 176 valence electrons. The molecule has 0 atom stereocenters. The zero-order chi connectivity index (χ0) is 24.6. The van der Waals surface area contributed by atoms with Gasteiger partial charge in [-0.05, 0) is 81.6 Å². The Labute approximate surface area is 208 Å². The fraction of sp³-hybridized carbons (Fsp3) is 0.0645. The minimum Gasteiger partial charge on any atom is -0.478 e. The lowest BCUT2D eigenvalue weighted by Crippen LogP contribution is -2.01. The van der Waals surface area contributed by atoms with E-state index in [0.29, 0.717) is 12.1 Å². The van der Waals surface area contributed by atoms with E-state index in [1.54, 1.807) is 18.2 Å². The standard InChI is InChI=1S/C31H25N3O2/c32-28-6-2-4-22(16-28)20-34-14-12-24-8-10-26(18-30(24)34)25-9-7-23-11-13-33(29(23)17-25)19-21-3-1-5-27(15-21)31(35)36/h1-18H,19-20,32H2,(H,35,36). The number of carbonyl (C=O) groups is 1. The Bertz CT molecular complexity index is 1740. The number of hydrogen-bond donors (Lipinski definition) is 2. The number of nitrogens with zero attached hydrogens (tertiary/aromatic N) is 2. The summed E-state index contributed by atoms with van der Waals surface area (Å²) in [6.07, 6.45) is 4.18. The number of carboxylic acid groups (broad SMARTS) is 1. The highest BCUT2D eigenvalue weighted by Gasteiger charge is 2.09. The zero-order valence-corrected chi connectivity index (χ0v) is 19.6. The van der Waals surface area contributed by atoms with Gasteiger partial charge in [0.2, 0.25) is 0 Å². The number of nitrogen functional groups attached to an aromatic ring is 1. The van der Waals surface area contributed by atoms with E-state index in [1.807, 2.05) is 24.3 Å². The van der Waals surface area contributed by atoms with Crippen LogP contribution in [0.4, 0.5) is 5.69 Å². The van der Waals surface area contributed by atoms with Crippen LogP contribution in [0.15, 0.2) is 109 Å². The number of nitrogens with two attached hydrogens (primary N) is 1. The molecular formula is C31H25N3O2. The first-order valence-electron chi connectivity index (χ1n) is 11.9. The molecule has 6 aromatic rings. The molecule has 6 rings (SSSR count). The van der Waals surface area contributed by atoms with Gasteiger partial charge in [0.15, 0.2) is 0 Å². The van der Waals surface area contributed by atoms with E-state index in [0.717, 1.165) is 39.8 Å². The van der Waals surface area contributed by atoms with Crippen molar-refractivity contribution in [2.45, 2.75) is 13.1 Å². The van der Waals surface area contributed by atoms with Gasteiger partial charge in [0.25, 0.3) is 0 Å². The van der Waals surface area contributed by atoms with E-state index < -0.39 is 5.97 Å². The quantitative estimate of drug-likeness (QED) is 0.268. The fourth-order valence-corrected chi connectivity index (χ4v) is 4.89. The molecule has 0 saturated heterocycles. The molecule has 0 aliphatic heterocycles. The predicted octanol–water partition coefficient (Wildman–Crippen LogP) is 6.64. The summed E-state index contributed by atoms with van der Waals surface area (Å²) in [5.74, 6) is -0.910. The maximum absolute atomic E-state index is 11.4. The summed E-state index contributed by atoms with van der Waals surface area (Å²) in [5.41, 5.74) is 13.8. The first-order valence-corrected chi connectivity index (χ1v) is 11.9. The minimum atomic E-state index is -0.910. The highest BCUT2D eigenvalue weighted by Crippen LogP contribution is 2.29. The number of rotatable bonds is 6. The van der Waals surface area contributed by atoms with E-state index in [4.69, 9.17) is 5.73 Å². The number of fused-ring (bicyclic) bond motifs is 2. The Morgan fingerprint density at radius 2 is 1.22 bits per heavy atom. The maximum Gasteiger partial charge on any atom is 0.335 e. The van der Waals surface area contributed by atoms with Crippen LogP contribution in [-0.2, 0) is 13.1 Å². The van der Waals surface area contributed by atoms with Gasteiger partial charge in [-0.15, -0.1) is 0 Å². The second-order valence-electron chi connectivity index (χ2n) is 9.19. The Balaban J connectivity index is 1.35. The number of aromatic nitrogens is 2. The van der Waals surface area contributed by atoms with Crippen LogP contribution < -0.4 is 5.73 Å². The van der Waals surface area contributed by atoms with Gasteiger partial charge in [-0.25, -0.2) is 4.79 Å². The number of anilines is 1. The molecule has 0 saturated carbocycles. The van der Waals surface area contributed by atoms with Crippen LogP contribution in [0.2, 0.25) is 0 Å². The molecule has 0 spiro atoms. The molecule has 2 aromatic heterocycles. The minimum absolute atomic E-state index is 0.305. The summed E-state index contributed by atoms with van der Waals surface area (Å²) in [5, 5.41) is 11.7. The van der Waals surface area contributed by atoms with Gasteiger partial charge in [0.1, 0.15) is 0 Å². The maximum atomic E-state index is 11.4. The zero-order valence-electron chi connectivity index (χ0n) is 19.6. The van der Waals surface area contributed by atoms with Gasteiger partial charge in [-0.2, -0.15) is 0 Å². The summed E-state index contributed by atoms with van der Waals surface area (Å²) >= 11 is 0. The molecule has 36 heavy (non-hydrogen) atoms. The van der Waals surface area contributed by atoms with Crippen molar-refractivity contribution in [1.82, 2.24) is 9.13 Å².